The molecule has 1 heterocycles. The summed E-state index contributed by atoms with van der Waals surface area (Å²) in [7, 11) is 1.81. The average molecular weight is 289 g/mol. The Kier molecular flexibility index (Phi) is 5.01. The van der Waals surface area contributed by atoms with Crippen molar-refractivity contribution in [2.45, 2.75) is 38.3 Å². The van der Waals surface area contributed by atoms with Crippen LogP contribution in [0.5, 0.6) is 0 Å². The molecule has 4 heteroatoms. The smallest absolute Gasteiger partial charge is 0.243 e. The van der Waals surface area contributed by atoms with Crippen LogP contribution in [0.3, 0.4) is 0 Å². The molecule has 0 aliphatic carbocycles. The molecular formula is C17H27N3O. The maximum Gasteiger partial charge on any atom is 0.243 e. The first-order valence-corrected chi connectivity index (χ1v) is 7.78. The second-order valence-corrected chi connectivity index (χ2v) is 6.33. The van der Waals surface area contributed by atoms with Crippen molar-refractivity contribution in [3.05, 3.63) is 35.9 Å². The van der Waals surface area contributed by atoms with Crippen LogP contribution in [-0.4, -0.2) is 37.0 Å². The molecule has 0 spiro atoms. The van der Waals surface area contributed by atoms with Crippen molar-refractivity contribution in [1.82, 2.24) is 10.2 Å². The number of likely N-dealkylation sites (N-methyl/N-ethyl adjacent to an activating group) is 1. The largest absolute Gasteiger partial charge is 0.368 e. The lowest BCUT2D eigenvalue weighted by molar-refractivity contribution is -0.126. The Morgan fingerprint density at radius 3 is 2.57 bits per heavy atom. The van der Waals surface area contributed by atoms with Gasteiger partial charge >= 0.3 is 0 Å². The van der Waals surface area contributed by atoms with E-state index in [2.05, 4.69) is 24.1 Å². The van der Waals surface area contributed by atoms with Crippen LogP contribution in [0.15, 0.2) is 30.3 Å². The summed E-state index contributed by atoms with van der Waals surface area (Å²) in [5, 5.41) is 3.19. The van der Waals surface area contributed by atoms with Crippen LogP contribution < -0.4 is 11.1 Å². The van der Waals surface area contributed by atoms with Crippen LogP contribution in [0.2, 0.25) is 0 Å². The maximum atomic E-state index is 12.2. The second kappa shape index (κ2) is 6.58. The number of hydrogen-bond acceptors (Lipinski definition) is 3. The molecule has 3 unspecified atom stereocenters. The maximum absolute atomic E-state index is 12.2. The number of likely N-dealkylation sites (tertiary alicyclic amines) is 1. The molecule has 0 radical (unpaired) electrons. The van der Waals surface area contributed by atoms with Crippen molar-refractivity contribution < 1.29 is 4.79 Å². The van der Waals surface area contributed by atoms with Gasteiger partial charge in [0.25, 0.3) is 0 Å². The topological polar surface area (TPSA) is 58.4 Å². The van der Waals surface area contributed by atoms with E-state index in [1.807, 2.05) is 37.4 Å². The molecule has 4 nitrogen and oxygen atoms in total. The van der Waals surface area contributed by atoms with Crippen LogP contribution in [0.4, 0.5) is 0 Å². The Labute approximate surface area is 127 Å². The second-order valence-electron chi connectivity index (χ2n) is 6.33. The van der Waals surface area contributed by atoms with Gasteiger partial charge in [-0.15, -0.1) is 0 Å². The molecule has 3 N–H and O–H groups in total. The average Bonchev–Trinajstić information content (AvgIpc) is 2.47. The third kappa shape index (κ3) is 3.27. The molecule has 1 saturated heterocycles. The van der Waals surface area contributed by atoms with Gasteiger partial charge in [0, 0.05) is 12.6 Å². The number of amides is 1. The van der Waals surface area contributed by atoms with Crippen molar-refractivity contribution in [3.8, 4) is 0 Å². The predicted octanol–water partition coefficient (Wildman–Crippen LogP) is 1.71. The van der Waals surface area contributed by atoms with E-state index >= 15 is 0 Å². The molecule has 1 aliphatic heterocycles. The molecular weight excluding hydrogens is 262 g/mol. The summed E-state index contributed by atoms with van der Waals surface area (Å²) in [5.41, 5.74) is 5.89. The lowest BCUT2D eigenvalue weighted by Gasteiger charge is -2.42. The van der Waals surface area contributed by atoms with Crippen molar-refractivity contribution in [2.24, 2.45) is 11.7 Å². The molecule has 116 valence electrons. The van der Waals surface area contributed by atoms with Crippen LogP contribution in [0.1, 0.15) is 32.3 Å². The molecule has 1 amide bonds. The highest BCUT2D eigenvalue weighted by Gasteiger charge is 2.40. The minimum absolute atomic E-state index is 0.318. The van der Waals surface area contributed by atoms with Crippen molar-refractivity contribution >= 4 is 5.91 Å². The van der Waals surface area contributed by atoms with Gasteiger partial charge in [-0.25, -0.2) is 0 Å². The Balaban J connectivity index is 2.27. The fourth-order valence-corrected chi connectivity index (χ4v) is 3.38. The van der Waals surface area contributed by atoms with E-state index in [-0.39, 0.29) is 5.91 Å². The summed E-state index contributed by atoms with van der Waals surface area (Å²) >= 11 is 0. The van der Waals surface area contributed by atoms with Gasteiger partial charge in [-0.3, -0.25) is 9.69 Å². The third-order valence-electron chi connectivity index (χ3n) is 4.83. The normalized spacial score (nSPS) is 26.2. The van der Waals surface area contributed by atoms with Gasteiger partial charge in [-0.1, -0.05) is 37.3 Å². The molecule has 0 saturated carbocycles. The number of primary amides is 1. The minimum Gasteiger partial charge on any atom is -0.368 e. The van der Waals surface area contributed by atoms with Crippen LogP contribution in [0, 0.1) is 5.92 Å². The molecule has 1 fully saturated rings. The SMILES string of the molecule is CNC(CN1CCC(C)CC1C)(C(N)=O)c1ccccc1. The zero-order valence-corrected chi connectivity index (χ0v) is 13.3. The molecule has 1 aromatic carbocycles. The number of rotatable bonds is 5. The summed E-state index contributed by atoms with van der Waals surface area (Å²) in [6.07, 6.45) is 2.35. The highest BCUT2D eigenvalue weighted by Crippen LogP contribution is 2.28. The monoisotopic (exact) mass is 289 g/mol. The predicted molar refractivity (Wildman–Crippen MR) is 85.8 cm³/mol. The van der Waals surface area contributed by atoms with Gasteiger partial charge in [0.1, 0.15) is 5.54 Å². The summed E-state index contributed by atoms with van der Waals surface area (Å²) < 4.78 is 0. The number of carbonyl (C=O) groups excluding carboxylic acids is 1. The van der Waals surface area contributed by atoms with Gasteiger partial charge in [0.2, 0.25) is 5.91 Å². The Morgan fingerprint density at radius 2 is 2.05 bits per heavy atom. The first kappa shape index (κ1) is 16.0. The molecule has 21 heavy (non-hydrogen) atoms. The van der Waals surface area contributed by atoms with Gasteiger partial charge in [0.05, 0.1) is 0 Å². The van der Waals surface area contributed by atoms with E-state index in [9.17, 15) is 4.79 Å². The summed E-state index contributed by atoms with van der Waals surface area (Å²) in [6, 6.07) is 10.3. The molecule has 2 rings (SSSR count). The van der Waals surface area contributed by atoms with Gasteiger partial charge < -0.3 is 11.1 Å². The number of benzene rings is 1. The molecule has 0 aromatic heterocycles. The Bertz CT molecular complexity index is 476. The fraction of sp³-hybridized carbons (Fsp3) is 0.588. The highest BCUT2D eigenvalue weighted by molar-refractivity contribution is 5.86. The summed E-state index contributed by atoms with van der Waals surface area (Å²) in [6.45, 7) is 6.18. The first-order valence-electron chi connectivity index (χ1n) is 7.78. The van der Waals surface area contributed by atoms with Crippen molar-refractivity contribution in [1.29, 1.82) is 0 Å². The van der Waals surface area contributed by atoms with E-state index in [1.54, 1.807) is 0 Å². The van der Waals surface area contributed by atoms with Crippen molar-refractivity contribution in [3.63, 3.8) is 0 Å². The number of hydrogen-bond donors (Lipinski definition) is 2. The zero-order valence-electron chi connectivity index (χ0n) is 13.3. The first-order chi connectivity index (χ1) is 9.99. The number of nitrogens with one attached hydrogen (secondary N) is 1. The number of nitrogens with zero attached hydrogens (tertiary/aromatic N) is 1. The van der Waals surface area contributed by atoms with E-state index in [4.69, 9.17) is 5.73 Å². The quantitative estimate of drug-likeness (QED) is 0.867. The van der Waals surface area contributed by atoms with Crippen molar-refractivity contribution in [2.75, 3.05) is 20.1 Å². The highest BCUT2D eigenvalue weighted by atomic mass is 16.1. The molecule has 1 aliphatic rings. The van der Waals surface area contributed by atoms with Gasteiger partial charge in [-0.05, 0) is 44.8 Å². The number of nitrogens with two attached hydrogens (primary N) is 1. The summed E-state index contributed by atoms with van der Waals surface area (Å²) in [4.78, 5) is 14.6. The van der Waals surface area contributed by atoms with Gasteiger partial charge in [-0.2, -0.15) is 0 Å². The lowest BCUT2D eigenvalue weighted by Crippen LogP contribution is -2.60. The molecule has 1 aromatic rings. The summed E-state index contributed by atoms with van der Waals surface area (Å²) in [5.74, 6) is 0.438. The van der Waals surface area contributed by atoms with E-state index < -0.39 is 5.54 Å². The molecule has 0 bridgehead atoms. The van der Waals surface area contributed by atoms with Crippen LogP contribution in [0.25, 0.3) is 0 Å². The van der Waals surface area contributed by atoms with Gasteiger partial charge in [0.15, 0.2) is 0 Å². The third-order valence-corrected chi connectivity index (χ3v) is 4.83. The Morgan fingerprint density at radius 1 is 1.38 bits per heavy atom. The minimum atomic E-state index is -0.823. The van der Waals surface area contributed by atoms with Crippen LogP contribution in [-0.2, 0) is 10.3 Å². The number of carbonyl (C=O) groups is 1. The zero-order chi connectivity index (χ0) is 15.5. The standard InChI is InChI=1S/C17H27N3O/c1-13-9-10-20(14(2)11-13)12-17(19-3,16(18)21)15-7-5-4-6-8-15/h4-8,13-14,19H,9-12H2,1-3H3,(H2,18,21). The van der Waals surface area contributed by atoms with Crippen LogP contribution >= 0.6 is 0 Å². The van der Waals surface area contributed by atoms with E-state index in [1.165, 1.54) is 12.8 Å². The van der Waals surface area contributed by atoms with E-state index in [0.29, 0.717) is 12.6 Å². The van der Waals surface area contributed by atoms with E-state index in [0.717, 1.165) is 18.0 Å². The fourth-order valence-electron chi connectivity index (χ4n) is 3.38. The lowest BCUT2D eigenvalue weighted by atomic mass is 9.85. The molecule has 3 atom stereocenters. The Hall–Kier alpha value is -1.39. The number of piperidine rings is 1.